The van der Waals surface area contributed by atoms with Gasteiger partial charge >= 0.3 is 0 Å². The second-order valence-electron chi connectivity index (χ2n) is 4.68. The molecule has 90 valence electrons. The molecule has 2 heteroatoms. The Balaban J connectivity index is 2.26. The molecular formula is C13H27NS. The molecule has 1 nitrogen and oxygen atoms in total. The largest absolute Gasteiger partial charge is 0.302 e. The van der Waals surface area contributed by atoms with Crippen molar-refractivity contribution in [1.29, 1.82) is 0 Å². The fraction of sp³-hybridized carbons (Fsp3) is 1.00. The van der Waals surface area contributed by atoms with Crippen LogP contribution in [0.25, 0.3) is 0 Å². The van der Waals surface area contributed by atoms with E-state index in [2.05, 4.69) is 30.9 Å². The van der Waals surface area contributed by atoms with E-state index in [-0.39, 0.29) is 0 Å². The van der Waals surface area contributed by atoms with Crippen molar-refractivity contribution in [2.24, 2.45) is 0 Å². The van der Waals surface area contributed by atoms with Gasteiger partial charge in [-0.05, 0) is 12.8 Å². The van der Waals surface area contributed by atoms with Crippen LogP contribution in [0.1, 0.15) is 65.2 Å². The Kier molecular flexibility index (Phi) is 6.74. The summed E-state index contributed by atoms with van der Waals surface area (Å²) in [5.74, 6) is 1.32. The van der Waals surface area contributed by atoms with Gasteiger partial charge in [0.25, 0.3) is 0 Å². The lowest BCUT2D eigenvalue weighted by atomic mass is 10.0. The summed E-state index contributed by atoms with van der Waals surface area (Å²) < 4.78 is 0. The second kappa shape index (κ2) is 7.56. The summed E-state index contributed by atoms with van der Waals surface area (Å²) in [6, 6.07) is 0. The Bertz CT molecular complexity index is 141. The molecule has 1 fully saturated rings. The molecule has 0 spiro atoms. The molecule has 0 unspecified atom stereocenters. The van der Waals surface area contributed by atoms with Gasteiger partial charge < -0.3 is 5.32 Å². The summed E-state index contributed by atoms with van der Waals surface area (Å²) in [6.45, 7) is 5.81. The lowest BCUT2D eigenvalue weighted by Crippen LogP contribution is -2.37. The molecule has 1 N–H and O–H groups in total. The van der Waals surface area contributed by atoms with E-state index >= 15 is 0 Å². The van der Waals surface area contributed by atoms with Crippen LogP contribution in [0.2, 0.25) is 0 Å². The van der Waals surface area contributed by atoms with Crippen molar-refractivity contribution in [3.63, 3.8) is 0 Å². The minimum Gasteiger partial charge on any atom is -0.302 e. The number of hydrogen-bond acceptors (Lipinski definition) is 2. The van der Waals surface area contributed by atoms with Gasteiger partial charge in [-0.15, -0.1) is 11.8 Å². The van der Waals surface area contributed by atoms with E-state index in [0.29, 0.717) is 4.87 Å². The molecule has 0 aromatic carbocycles. The predicted molar refractivity (Wildman–Crippen MR) is 71.5 cm³/mol. The van der Waals surface area contributed by atoms with Gasteiger partial charge in [0.1, 0.15) is 0 Å². The number of thioether (sulfide) groups is 1. The minimum absolute atomic E-state index is 0.463. The second-order valence-corrected chi connectivity index (χ2v) is 6.16. The van der Waals surface area contributed by atoms with E-state index < -0.39 is 0 Å². The van der Waals surface area contributed by atoms with E-state index in [1.807, 2.05) is 0 Å². The summed E-state index contributed by atoms with van der Waals surface area (Å²) in [6.07, 6.45) is 11.1. The van der Waals surface area contributed by atoms with E-state index in [9.17, 15) is 0 Å². The molecule has 1 heterocycles. The van der Waals surface area contributed by atoms with Crippen LogP contribution in [0, 0.1) is 0 Å². The fourth-order valence-corrected chi connectivity index (χ4v) is 3.72. The molecule has 1 saturated heterocycles. The Hall–Kier alpha value is 0.310. The number of rotatable bonds is 8. The Morgan fingerprint density at radius 1 is 1.00 bits per heavy atom. The quantitative estimate of drug-likeness (QED) is 0.627. The van der Waals surface area contributed by atoms with Gasteiger partial charge in [0.15, 0.2) is 0 Å². The van der Waals surface area contributed by atoms with E-state index in [1.54, 1.807) is 0 Å². The summed E-state index contributed by atoms with van der Waals surface area (Å²) in [5, 5.41) is 3.75. The van der Waals surface area contributed by atoms with Crippen molar-refractivity contribution in [2.45, 2.75) is 70.1 Å². The molecule has 0 aromatic heterocycles. The third kappa shape index (κ3) is 4.78. The average molecular weight is 229 g/mol. The molecule has 1 aliphatic rings. The Morgan fingerprint density at radius 3 is 2.00 bits per heavy atom. The summed E-state index contributed by atoms with van der Waals surface area (Å²) in [4.78, 5) is 0.463. The average Bonchev–Trinajstić information content (AvgIpc) is 2.68. The molecule has 0 aliphatic carbocycles. The summed E-state index contributed by atoms with van der Waals surface area (Å²) >= 11 is 2.18. The standard InChI is InChI=1S/C13H27NS/c1-3-5-7-9-13(10-8-6-4-2)14-11-12-15-13/h14H,3-12H2,1-2H3. The zero-order chi connectivity index (χ0) is 11.0. The first-order chi connectivity index (χ1) is 7.33. The van der Waals surface area contributed by atoms with Crippen molar-refractivity contribution in [2.75, 3.05) is 12.3 Å². The molecule has 1 aliphatic heterocycles. The maximum absolute atomic E-state index is 3.75. The SMILES string of the molecule is CCCCCC1(CCCCC)NCCS1. The third-order valence-corrected chi connectivity index (χ3v) is 4.81. The van der Waals surface area contributed by atoms with Crippen molar-refractivity contribution >= 4 is 11.8 Å². The van der Waals surface area contributed by atoms with Crippen molar-refractivity contribution in [1.82, 2.24) is 5.32 Å². The highest BCUT2D eigenvalue weighted by Gasteiger charge is 2.32. The van der Waals surface area contributed by atoms with E-state index in [1.165, 1.54) is 63.7 Å². The lowest BCUT2D eigenvalue weighted by molar-refractivity contribution is 0.403. The first kappa shape index (κ1) is 13.4. The number of nitrogens with one attached hydrogen (secondary N) is 1. The van der Waals surface area contributed by atoms with Crippen LogP contribution in [0.15, 0.2) is 0 Å². The first-order valence-electron chi connectivity index (χ1n) is 6.72. The monoisotopic (exact) mass is 229 g/mol. The van der Waals surface area contributed by atoms with Gasteiger partial charge in [-0.2, -0.15) is 0 Å². The van der Waals surface area contributed by atoms with Crippen LogP contribution in [0.3, 0.4) is 0 Å². The predicted octanol–water partition coefficient (Wildman–Crippen LogP) is 4.18. The maximum Gasteiger partial charge on any atom is 0.0645 e. The minimum atomic E-state index is 0.463. The van der Waals surface area contributed by atoms with Gasteiger partial charge in [0.05, 0.1) is 4.87 Å². The molecular weight excluding hydrogens is 202 g/mol. The van der Waals surface area contributed by atoms with Gasteiger partial charge in [0.2, 0.25) is 0 Å². The van der Waals surface area contributed by atoms with E-state index in [0.717, 1.165) is 0 Å². The molecule has 0 saturated carbocycles. The molecule has 0 radical (unpaired) electrons. The highest BCUT2D eigenvalue weighted by Crippen LogP contribution is 2.37. The fourth-order valence-electron chi connectivity index (χ4n) is 2.34. The number of hydrogen-bond donors (Lipinski definition) is 1. The Labute approximate surface area is 99.8 Å². The van der Waals surface area contributed by atoms with Gasteiger partial charge in [-0.3, -0.25) is 0 Å². The summed E-state index contributed by atoms with van der Waals surface area (Å²) in [5.41, 5.74) is 0. The van der Waals surface area contributed by atoms with Crippen molar-refractivity contribution in [3.8, 4) is 0 Å². The number of unbranched alkanes of at least 4 members (excludes halogenated alkanes) is 4. The Morgan fingerprint density at radius 2 is 1.60 bits per heavy atom. The van der Waals surface area contributed by atoms with Crippen LogP contribution in [-0.4, -0.2) is 17.2 Å². The normalized spacial score (nSPS) is 19.6. The molecule has 0 bridgehead atoms. The van der Waals surface area contributed by atoms with Crippen LogP contribution < -0.4 is 5.32 Å². The molecule has 1 rings (SSSR count). The maximum atomic E-state index is 3.75. The molecule has 15 heavy (non-hydrogen) atoms. The summed E-state index contributed by atoms with van der Waals surface area (Å²) in [7, 11) is 0. The topological polar surface area (TPSA) is 12.0 Å². The molecule has 0 atom stereocenters. The zero-order valence-electron chi connectivity index (χ0n) is 10.5. The highest BCUT2D eigenvalue weighted by molar-refractivity contribution is 8.00. The molecule has 0 aromatic rings. The van der Waals surface area contributed by atoms with E-state index in [4.69, 9.17) is 0 Å². The van der Waals surface area contributed by atoms with Gasteiger partial charge in [0, 0.05) is 12.3 Å². The van der Waals surface area contributed by atoms with Gasteiger partial charge in [-0.1, -0.05) is 52.4 Å². The third-order valence-electron chi connectivity index (χ3n) is 3.30. The van der Waals surface area contributed by atoms with Crippen LogP contribution in [0.5, 0.6) is 0 Å². The zero-order valence-corrected chi connectivity index (χ0v) is 11.3. The highest BCUT2D eigenvalue weighted by atomic mass is 32.2. The van der Waals surface area contributed by atoms with Crippen LogP contribution in [-0.2, 0) is 0 Å². The first-order valence-corrected chi connectivity index (χ1v) is 7.70. The van der Waals surface area contributed by atoms with Gasteiger partial charge in [-0.25, -0.2) is 0 Å². The lowest BCUT2D eigenvalue weighted by Gasteiger charge is -2.28. The smallest absolute Gasteiger partial charge is 0.0645 e. The molecule has 0 amide bonds. The van der Waals surface area contributed by atoms with Crippen molar-refractivity contribution in [3.05, 3.63) is 0 Å². The van der Waals surface area contributed by atoms with Crippen LogP contribution in [0.4, 0.5) is 0 Å². The van der Waals surface area contributed by atoms with Crippen LogP contribution >= 0.6 is 11.8 Å². The van der Waals surface area contributed by atoms with Crippen molar-refractivity contribution < 1.29 is 0 Å².